The quantitative estimate of drug-likeness (QED) is 0.515. The van der Waals surface area contributed by atoms with Gasteiger partial charge in [0.25, 0.3) is 5.91 Å². The number of methoxy groups -OCH3 is 1. The second-order valence-corrected chi connectivity index (χ2v) is 8.06. The van der Waals surface area contributed by atoms with Gasteiger partial charge in [0.05, 0.1) is 20.3 Å². The molecule has 1 aliphatic heterocycles. The predicted octanol–water partition coefficient (Wildman–Crippen LogP) is 2.52. The van der Waals surface area contributed by atoms with Gasteiger partial charge in [0.15, 0.2) is 5.75 Å². The number of amides is 1. The van der Waals surface area contributed by atoms with Gasteiger partial charge in [-0.25, -0.2) is 9.18 Å². The van der Waals surface area contributed by atoms with Gasteiger partial charge in [-0.15, -0.1) is 0 Å². The van der Waals surface area contributed by atoms with Crippen molar-refractivity contribution in [1.29, 1.82) is 0 Å². The lowest BCUT2D eigenvalue weighted by Gasteiger charge is -2.26. The third kappa shape index (κ3) is 5.32. The van der Waals surface area contributed by atoms with E-state index in [-0.39, 0.29) is 34.1 Å². The van der Waals surface area contributed by atoms with Crippen molar-refractivity contribution in [3.8, 4) is 5.75 Å². The maximum absolute atomic E-state index is 13.2. The van der Waals surface area contributed by atoms with Crippen LogP contribution in [0.25, 0.3) is 10.9 Å². The number of aromatic nitrogens is 1. The largest absolute Gasteiger partial charge is 0.505 e. The summed E-state index contributed by atoms with van der Waals surface area (Å²) >= 11 is 0. The Morgan fingerprint density at radius 1 is 1.15 bits per heavy atom. The highest BCUT2D eigenvalue weighted by Crippen LogP contribution is 2.32. The van der Waals surface area contributed by atoms with E-state index in [1.807, 2.05) is 0 Å². The molecule has 2 heterocycles. The van der Waals surface area contributed by atoms with E-state index in [0.717, 1.165) is 24.2 Å². The number of halogens is 1. The van der Waals surface area contributed by atoms with E-state index >= 15 is 0 Å². The number of ether oxygens (including phenoxy) is 2. The van der Waals surface area contributed by atoms with Crippen molar-refractivity contribution >= 4 is 22.8 Å². The molecular formula is C25H26FN3O5. The van der Waals surface area contributed by atoms with Crippen LogP contribution in [0, 0.1) is 5.82 Å². The van der Waals surface area contributed by atoms with Crippen LogP contribution in [0.4, 0.5) is 4.39 Å². The summed E-state index contributed by atoms with van der Waals surface area (Å²) in [4.78, 5) is 31.9. The van der Waals surface area contributed by atoms with Crippen molar-refractivity contribution in [2.45, 2.75) is 6.42 Å². The van der Waals surface area contributed by atoms with Crippen LogP contribution in [0.1, 0.15) is 31.8 Å². The summed E-state index contributed by atoms with van der Waals surface area (Å²) in [6, 6.07) is 9.20. The number of phenols is 1. The summed E-state index contributed by atoms with van der Waals surface area (Å²) in [5.74, 6) is -1.82. The van der Waals surface area contributed by atoms with Crippen LogP contribution in [0.15, 0.2) is 42.6 Å². The number of nitrogens with one attached hydrogen (secondary N) is 1. The van der Waals surface area contributed by atoms with Crippen LogP contribution in [0.2, 0.25) is 0 Å². The maximum Gasteiger partial charge on any atom is 0.341 e. The van der Waals surface area contributed by atoms with E-state index in [4.69, 9.17) is 9.47 Å². The highest BCUT2D eigenvalue weighted by Gasteiger charge is 2.22. The summed E-state index contributed by atoms with van der Waals surface area (Å²) in [6.45, 7) is 4.03. The molecule has 0 aliphatic carbocycles. The number of morpholine rings is 1. The number of carbonyl (C=O) groups excluding carboxylic acids is 2. The van der Waals surface area contributed by atoms with Gasteiger partial charge in [0.1, 0.15) is 16.9 Å². The van der Waals surface area contributed by atoms with Gasteiger partial charge in [-0.1, -0.05) is 12.1 Å². The van der Waals surface area contributed by atoms with E-state index < -0.39 is 5.97 Å². The molecule has 0 atom stereocenters. The molecule has 1 fully saturated rings. The molecule has 0 bridgehead atoms. The fourth-order valence-corrected chi connectivity index (χ4v) is 3.96. The lowest BCUT2D eigenvalue weighted by atomic mass is 9.98. The molecule has 3 aromatic rings. The van der Waals surface area contributed by atoms with Crippen LogP contribution in [0.5, 0.6) is 5.75 Å². The lowest BCUT2D eigenvalue weighted by Crippen LogP contribution is -2.41. The molecule has 0 radical (unpaired) electrons. The molecule has 2 N–H and O–H groups in total. The first-order valence-corrected chi connectivity index (χ1v) is 11.0. The number of pyridine rings is 1. The molecule has 34 heavy (non-hydrogen) atoms. The van der Waals surface area contributed by atoms with E-state index in [1.54, 1.807) is 24.4 Å². The SMILES string of the molecule is COC(=O)c1cc(C(=O)NCCN2CCOCC2)c2cc(Cc3ccc(F)cc3)cnc2c1O. The molecular weight excluding hydrogens is 441 g/mol. The number of fused-ring (bicyclic) bond motifs is 1. The fraction of sp³-hybridized carbons (Fsp3) is 0.320. The van der Waals surface area contributed by atoms with Gasteiger partial charge in [-0.2, -0.15) is 0 Å². The molecule has 1 aliphatic rings. The van der Waals surface area contributed by atoms with Crippen LogP contribution < -0.4 is 5.32 Å². The average Bonchev–Trinajstić information content (AvgIpc) is 2.86. The Labute approximate surface area is 196 Å². The Morgan fingerprint density at radius 3 is 2.59 bits per heavy atom. The molecule has 8 nitrogen and oxygen atoms in total. The number of nitrogens with zero attached hydrogens (tertiary/aromatic N) is 2. The number of aromatic hydroxyl groups is 1. The minimum atomic E-state index is -0.765. The van der Waals surface area contributed by atoms with Gasteiger partial charge in [-0.05, 0) is 41.8 Å². The first-order chi connectivity index (χ1) is 16.5. The summed E-state index contributed by atoms with van der Waals surface area (Å²) in [6.07, 6.45) is 2.02. The number of benzene rings is 2. The van der Waals surface area contributed by atoms with Gasteiger partial charge in [-0.3, -0.25) is 14.7 Å². The van der Waals surface area contributed by atoms with E-state index in [1.165, 1.54) is 25.3 Å². The minimum absolute atomic E-state index is 0.129. The standard InChI is InChI=1S/C25H26FN3O5/c1-33-25(32)21-14-20(24(31)27-6-7-29-8-10-34-11-9-29)19-13-17(15-28-22(19)23(21)30)12-16-2-4-18(26)5-3-16/h2-5,13-15,30H,6-12H2,1H3,(H,27,31). The Balaban J connectivity index is 1.64. The average molecular weight is 467 g/mol. The molecule has 0 saturated carbocycles. The number of esters is 1. The highest BCUT2D eigenvalue weighted by atomic mass is 19.1. The zero-order chi connectivity index (χ0) is 24.1. The van der Waals surface area contributed by atoms with Crippen LogP contribution in [0.3, 0.4) is 0 Å². The van der Waals surface area contributed by atoms with Crippen molar-refractivity contribution in [1.82, 2.24) is 15.2 Å². The minimum Gasteiger partial charge on any atom is -0.505 e. The van der Waals surface area contributed by atoms with Crippen molar-refractivity contribution in [2.24, 2.45) is 0 Å². The Bertz CT molecular complexity index is 1190. The first-order valence-electron chi connectivity index (χ1n) is 11.0. The Kier molecular flexibility index (Phi) is 7.34. The lowest BCUT2D eigenvalue weighted by molar-refractivity contribution is 0.0383. The van der Waals surface area contributed by atoms with E-state index in [9.17, 15) is 19.1 Å². The van der Waals surface area contributed by atoms with Gasteiger partial charge in [0.2, 0.25) is 0 Å². The maximum atomic E-state index is 13.2. The molecule has 1 saturated heterocycles. The van der Waals surface area contributed by atoms with Crippen molar-refractivity contribution in [3.63, 3.8) is 0 Å². The zero-order valence-electron chi connectivity index (χ0n) is 18.8. The highest BCUT2D eigenvalue weighted by molar-refractivity contribution is 6.11. The molecule has 1 aromatic heterocycles. The number of carbonyl (C=O) groups is 2. The topological polar surface area (TPSA) is 101 Å². The van der Waals surface area contributed by atoms with Crippen LogP contribution in [-0.2, 0) is 15.9 Å². The third-order valence-corrected chi connectivity index (χ3v) is 5.79. The molecule has 0 spiro atoms. The second kappa shape index (κ2) is 10.6. The molecule has 0 unspecified atom stereocenters. The van der Waals surface area contributed by atoms with Crippen molar-refractivity contribution in [2.75, 3.05) is 46.5 Å². The smallest absolute Gasteiger partial charge is 0.341 e. The van der Waals surface area contributed by atoms with E-state index in [0.29, 0.717) is 38.1 Å². The molecule has 9 heteroatoms. The summed E-state index contributed by atoms with van der Waals surface area (Å²) in [7, 11) is 1.20. The van der Waals surface area contributed by atoms with Crippen LogP contribution in [-0.4, -0.2) is 73.4 Å². The van der Waals surface area contributed by atoms with Crippen LogP contribution >= 0.6 is 0 Å². The molecule has 178 valence electrons. The van der Waals surface area contributed by atoms with E-state index in [2.05, 4.69) is 15.2 Å². The normalized spacial score (nSPS) is 14.2. The van der Waals surface area contributed by atoms with Gasteiger partial charge < -0.3 is 19.9 Å². The molecule has 1 amide bonds. The van der Waals surface area contributed by atoms with Gasteiger partial charge in [0, 0.05) is 43.3 Å². The van der Waals surface area contributed by atoms with Gasteiger partial charge >= 0.3 is 5.97 Å². The first kappa shape index (κ1) is 23.6. The zero-order valence-corrected chi connectivity index (χ0v) is 18.8. The summed E-state index contributed by atoms with van der Waals surface area (Å²) in [5, 5.41) is 14.0. The number of hydrogen-bond donors (Lipinski definition) is 2. The monoisotopic (exact) mass is 467 g/mol. The summed E-state index contributed by atoms with van der Waals surface area (Å²) in [5.41, 5.74) is 1.85. The molecule has 4 rings (SSSR count). The fourth-order valence-electron chi connectivity index (χ4n) is 3.96. The predicted molar refractivity (Wildman–Crippen MR) is 124 cm³/mol. The second-order valence-electron chi connectivity index (χ2n) is 8.06. The number of phenolic OH excluding ortho intramolecular Hbond substituents is 1. The number of rotatable bonds is 7. The third-order valence-electron chi connectivity index (χ3n) is 5.79. The Hall–Kier alpha value is -3.56. The van der Waals surface area contributed by atoms with Crippen molar-refractivity contribution in [3.05, 3.63) is 70.7 Å². The Morgan fingerprint density at radius 2 is 1.88 bits per heavy atom. The molecule has 2 aromatic carbocycles. The van der Waals surface area contributed by atoms with Crippen molar-refractivity contribution < 1.29 is 28.6 Å². The number of hydrogen-bond acceptors (Lipinski definition) is 7. The summed E-state index contributed by atoms with van der Waals surface area (Å²) < 4.78 is 23.3.